The predicted octanol–water partition coefficient (Wildman–Crippen LogP) is 4.07. The van der Waals surface area contributed by atoms with E-state index in [0.717, 1.165) is 0 Å². The van der Waals surface area contributed by atoms with Crippen molar-refractivity contribution >= 4 is 35.3 Å². The van der Waals surface area contributed by atoms with Gasteiger partial charge in [-0.2, -0.15) is 5.10 Å². The second kappa shape index (κ2) is 9.58. The van der Waals surface area contributed by atoms with E-state index in [1.54, 1.807) is 60.7 Å². The number of aromatic hydroxyl groups is 1. The van der Waals surface area contributed by atoms with Crippen molar-refractivity contribution in [3.8, 4) is 11.5 Å². The lowest BCUT2D eigenvalue weighted by Crippen LogP contribution is -2.18. The Morgan fingerprint density at radius 2 is 1.60 bits per heavy atom. The van der Waals surface area contributed by atoms with E-state index < -0.39 is 5.91 Å². The molecule has 0 radical (unpaired) electrons. The Morgan fingerprint density at radius 1 is 0.967 bits per heavy atom. The molecule has 8 heteroatoms. The molecule has 3 N–H and O–H groups in total. The molecule has 0 aliphatic carbocycles. The SMILES string of the molecule is COc1ccc(O)c(C=NNC(=O)c2ccc(NC(=O)c3ccc(Cl)cc3)cc2)c1. The van der Waals surface area contributed by atoms with E-state index in [0.29, 0.717) is 33.1 Å². The Balaban J connectivity index is 1.59. The predicted molar refractivity (Wildman–Crippen MR) is 116 cm³/mol. The Bertz CT molecular complexity index is 1080. The lowest BCUT2D eigenvalue weighted by atomic mass is 10.1. The van der Waals surface area contributed by atoms with Gasteiger partial charge in [0.05, 0.1) is 13.3 Å². The molecule has 0 aliphatic rings. The van der Waals surface area contributed by atoms with Crippen molar-refractivity contribution in [2.45, 2.75) is 0 Å². The summed E-state index contributed by atoms with van der Waals surface area (Å²) in [7, 11) is 1.51. The molecule has 3 aromatic carbocycles. The molecule has 30 heavy (non-hydrogen) atoms. The zero-order valence-electron chi connectivity index (χ0n) is 15.9. The zero-order chi connectivity index (χ0) is 21.5. The summed E-state index contributed by atoms with van der Waals surface area (Å²) in [6.07, 6.45) is 1.32. The van der Waals surface area contributed by atoms with Crippen LogP contribution in [-0.2, 0) is 0 Å². The first-order chi connectivity index (χ1) is 14.5. The molecule has 3 aromatic rings. The summed E-state index contributed by atoms with van der Waals surface area (Å²) < 4.78 is 5.08. The topological polar surface area (TPSA) is 100 Å². The molecule has 0 saturated heterocycles. The minimum absolute atomic E-state index is 0.00887. The van der Waals surface area contributed by atoms with Crippen molar-refractivity contribution in [1.82, 2.24) is 5.43 Å². The quantitative estimate of drug-likeness (QED) is 0.411. The normalized spacial score (nSPS) is 10.6. The molecule has 2 amide bonds. The van der Waals surface area contributed by atoms with Gasteiger partial charge < -0.3 is 15.2 Å². The van der Waals surface area contributed by atoms with Gasteiger partial charge in [0.1, 0.15) is 11.5 Å². The number of rotatable bonds is 6. The number of halogens is 1. The number of nitrogens with zero attached hydrogens (tertiary/aromatic N) is 1. The first kappa shape index (κ1) is 20.9. The molecule has 0 unspecified atom stereocenters. The van der Waals surface area contributed by atoms with Crippen molar-refractivity contribution < 1.29 is 19.4 Å². The highest BCUT2D eigenvalue weighted by molar-refractivity contribution is 6.30. The Morgan fingerprint density at radius 3 is 2.27 bits per heavy atom. The van der Waals surface area contributed by atoms with Gasteiger partial charge in [-0.25, -0.2) is 5.43 Å². The highest BCUT2D eigenvalue weighted by Gasteiger charge is 2.08. The molecule has 0 aliphatic heterocycles. The number of benzene rings is 3. The lowest BCUT2D eigenvalue weighted by molar-refractivity contribution is 0.0954. The summed E-state index contributed by atoms with van der Waals surface area (Å²) in [6, 6.07) is 17.5. The van der Waals surface area contributed by atoms with Crippen LogP contribution in [0.2, 0.25) is 5.02 Å². The third-order valence-electron chi connectivity index (χ3n) is 4.12. The first-order valence-electron chi connectivity index (χ1n) is 8.83. The number of phenols is 1. The second-order valence-electron chi connectivity index (χ2n) is 6.16. The van der Waals surface area contributed by atoms with Crippen LogP contribution in [0.25, 0.3) is 0 Å². The van der Waals surface area contributed by atoms with E-state index in [-0.39, 0.29) is 11.7 Å². The summed E-state index contributed by atoms with van der Waals surface area (Å²) in [5.41, 5.74) is 4.14. The maximum Gasteiger partial charge on any atom is 0.271 e. The molecule has 152 valence electrons. The third-order valence-corrected chi connectivity index (χ3v) is 4.37. The molecule has 0 fully saturated rings. The fourth-order valence-electron chi connectivity index (χ4n) is 2.50. The third kappa shape index (κ3) is 5.36. The molecule has 0 spiro atoms. The van der Waals surface area contributed by atoms with Gasteiger partial charge in [-0.05, 0) is 66.7 Å². The number of anilines is 1. The minimum atomic E-state index is -0.441. The van der Waals surface area contributed by atoms with Crippen LogP contribution in [-0.4, -0.2) is 30.2 Å². The highest BCUT2D eigenvalue weighted by atomic mass is 35.5. The lowest BCUT2D eigenvalue weighted by Gasteiger charge is -2.06. The maximum atomic E-state index is 12.2. The molecule has 0 heterocycles. The largest absolute Gasteiger partial charge is 0.507 e. The zero-order valence-corrected chi connectivity index (χ0v) is 16.7. The van der Waals surface area contributed by atoms with Crippen LogP contribution in [0.1, 0.15) is 26.3 Å². The molecule has 0 bridgehead atoms. The van der Waals surface area contributed by atoms with Crippen molar-refractivity contribution in [2.75, 3.05) is 12.4 Å². The van der Waals surface area contributed by atoms with Gasteiger partial charge in [0.15, 0.2) is 0 Å². The van der Waals surface area contributed by atoms with Crippen molar-refractivity contribution in [1.29, 1.82) is 0 Å². The molecule has 0 aromatic heterocycles. The molecule has 7 nitrogen and oxygen atoms in total. The average molecular weight is 424 g/mol. The number of hydrogen-bond acceptors (Lipinski definition) is 5. The van der Waals surface area contributed by atoms with Crippen LogP contribution >= 0.6 is 11.6 Å². The van der Waals surface area contributed by atoms with Gasteiger partial charge in [0.2, 0.25) is 0 Å². The minimum Gasteiger partial charge on any atom is -0.507 e. The van der Waals surface area contributed by atoms with Crippen LogP contribution in [0.3, 0.4) is 0 Å². The van der Waals surface area contributed by atoms with Crippen molar-refractivity contribution in [2.24, 2.45) is 5.10 Å². The van der Waals surface area contributed by atoms with Gasteiger partial charge in [-0.15, -0.1) is 0 Å². The van der Waals surface area contributed by atoms with E-state index in [4.69, 9.17) is 16.3 Å². The Kier molecular flexibility index (Phi) is 6.67. The number of phenolic OH excluding ortho intramolecular Hbond substituents is 1. The van der Waals surface area contributed by atoms with Crippen LogP contribution < -0.4 is 15.5 Å². The van der Waals surface area contributed by atoms with Gasteiger partial charge in [-0.1, -0.05) is 11.6 Å². The fraction of sp³-hybridized carbons (Fsp3) is 0.0455. The standard InChI is InChI=1S/C22H18ClN3O4/c1-30-19-10-11-20(27)16(12-19)13-24-26-22(29)15-4-8-18(9-5-15)25-21(28)14-2-6-17(23)7-3-14/h2-13,27H,1H3,(H,25,28)(H,26,29). The Hall–Kier alpha value is -3.84. The van der Waals surface area contributed by atoms with Crippen molar-refractivity contribution in [3.05, 3.63) is 88.4 Å². The van der Waals surface area contributed by atoms with Gasteiger partial charge in [0.25, 0.3) is 11.8 Å². The summed E-state index contributed by atoms with van der Waals surface area (Å²) in [6.45, 7) is 0. The fourth-order valence-corrected chi connectivity index (χ4v) is 2.62. The number of hydrogen-bond donors (Lipinski definition) is 3. The monoisotopic (exact) mass is 423 g/mol. The molecular formula is C22H18ClN3O4. The average Bonchev–Trinajstić information content (AvgIpc) is 2.76. The van der Waals surface area contributed by atoms with Gasteiger partial charge >= 0.3 is 0 Å². The second-order valence-corrected chi connectivity index (χ2v) is 6.60. The van der Waals surface area contributed by atoms with E-state index in [9.17, 15) is 14.7 Å². The maximum absolute atomic E-state index is 12.2. The number of carbonyl (C=O) groups is 2. The van der Waals surface area contributed by atoms with E-state index in [1.165, 1.54) is 19.4 Å². The van der Waals surface area contributed by atoms with Crippen LogP contribution in [0.5, 0.6) is 11.5 Å². The summed E-state index contributed by atoms with van der Waals surface area (Å²) >= 11 is 5.82. The van der Waals surface area contributed by atoms with E-state index >= 15 is 0 Å². The first-order valence-corrected chi connectivity index (χ1v) is 9.21. The van der Waals surface area contributed by atoms with Gasteiger partial charge in [0, 0.05) is 27.4 Å². The number of ether oxygens (including phenoxy) is 1. The molecule has 0 atom stereocenters. The van der Waals surface area contributed by atoms with E-state index in [1.807, 2.05) is 0 Å². The van der Waals surface area contributed by atoms with Crippen molar-refractivity contribution in [3.63, 3.8) is 0 Å². The summed E-state index contributed by atoms with van der Waals surface area (Å²) in [5.74, 6) is -0.165. The number of hydrazone groups is 1. The number of methoxy groups -OCH3 is 1. The van der Waals surface area contributed by atoms with Crippen LogP contribution in [0.15, 0.2) is 71.8 Å². The van der Waals surface area contributed by atoms with E-state index in [2.05, 4.69) is 15.8 Å². The molecule has 3 rings (SSSR count). The molecular weight excluding hydrogens is 406 g/mol. The van der Waals surface area contributed by atoms with Crippen LogP contribution in [0.4, 0.5) is 5.69 Å². The number of amides is 2. The summed E-state index contributed by atoms with van der Waals surface area (Å²) in [5, 5.41) is 17.0. The van der Waals surface area contributed by atoms with Gasteiger partial charge in [-0.3, -0.25) is 9.59 Å². The smallest absolute Gasteiger partial charge is 0.271 e. The summed E-state index contributed by atoms with van der Waals surface area (Å²) in [4.78, 5) is 24.4. The number of nitrogens with one attached hydrogen (secondary N) is 2. The highest BCUT2D eigenvalue weighted by Crippen LogP contribution is 2.21. The molecule has 0 saturated carbocycles. The Labute approximate surface area is 178 Å². The van der Waals surface area contributed by atoms with Crippen LogP contribution in [0, 0.1) is 0 Å². The number of carbonyl (C=O) groups excluding carboxylic acids is 2.